The van der Waals surface area contributed by atoms with E-state index in [9.17, 15) is 4.79 Å². The summed E-state index contributed by atoms with van der Waals surface area (Å²) in [5, 5.41) is 3.94. The smallest absolute Gasteiger partial charge is 0.230 e. The molecule has 1 fully saturated rings. The molecule has 0 aliphatic heterocycles. The lowest BCUT2D eigenvalue weighted by Crippen LogP contribution is -2.41. The molecule has 92 valence electrons. The van der Waals surface area contributed by atoms with Crippen LogP contribution in [0.25, 0.3) is 0 Å². The summed E-state index contributed by atoms with van der Waals surface area (Å²) in [7, 11) is 1.67. The van der Waals surface area contributed by atoms with E-state index in [1.54, 1.807) is 19.2 Å². The van der Waals surface area contributed by atoms with Crippen LogP contribution in [-0.2, 0) is 10.2 Å². The van der Waals surface area contributed by atoms with E-state index in [2.05, 4.69) is 5.32 Å². The van der Waals surface area contributed by atoms with Crippen LogP contribution in [0.3, 0.4) is 0 Å². The highest BCUT2D eigenvalue weighted by Gasteiger charge is 2.43. The minimum Gasteiger partial charge on any atom is -0.358 e. The van der Waals surface area contributed by atoms with E-state index in [4.69, 9.17) is 23.2 Å². The number of carbonyl (C=O) groups is 1. The Morgan fingerprint density at radius 2 is 1.94 bits per heavy atom. The maximum Gasteiger partial charge on any atom is 0.230 e. The number of rotatable bonds is 2. The third-order valence-corrected chi connectivity index (χ3v) is 4.11. The summed E-state index contributed by atoms with van der Waals surface area (Å²) in [5.41, 5.74) is 0.441. The normalized spacial score (nSPS) is 18.1. The summed E-state index contributed by atoms with van der Waals surface area (Å²) >= 11 is 12.1. The largest absolute Gasteiger partial charge is 0.358 e. The van der Waals surface area contributed by atoms with Gasteiger partial charge in [0.1, 0.15) is 0 Å². The number of halogens is 2. The van der Waals surface area contributed by atoms with Crippen molar-refractivity contribution < 1.29 is 4.79 Å². The van der Waals surface area contributed by atoms with E-state index in [-0.39, 0.29) is 5.91 Å². The van der Waals surface area contributed by atoms with E-state index >= 15 is 0 Å². The van der Waals surface area contributed by atoms with Crippen LogP contribution in [-0.4, -0.2) is 13.0 Å². The second kappa shape index (κ2) is 4.87. The van der Waals surface area contributed by atoms with Crippen molar-refractivity contribution in [3.8, 4) is 0 Å². The van der Waals surface area contributed by atoms with E-state index in [0.717, 1.165) is 31.2 Å². The first-order valence-electron chi connectivity index (χ1n) is 5.78. The average molecular weight is 272 g/mol. The lowest BCUT2D eigenvalue weighted by Gasteiger charge is -2.28. The first-order chi connectivity index (χ1) is 8.10. The predicted molar refractivity (Wildman–Crippen MR) is 70.7 cm³/mol. The molecule has 4 heteroatoms. The molecule has 1 aliphatic rings. The van der Waals surface area contributed by atoms with Crippen LogP contribution in [0.5, 0.6) is 0 Å². The maximum atomic E-state index is 12.2. The van der Waals surface area contributed by atoms with Crippen LogP contribution in [0, 0.1) is 0 Å². The Hall–Kier alpha value is -0.730. The van der Waals surface area contributed by atoms with Crippen LogP contribution in [0.1, 0.15) is 31.2 Å². The molecular weight excluding hydrogens is 257 g/mol. The Morgan fingerprint density at radius 3 is 2.47 bits per heavy atom. The second-order valence-electron chi connectivity index (χ2n) is 4.49. The van der Waals surface area contributed by atoms with Gasteiger partial charge in [-0.2, -0.15) is 0 Å². The Bertz CT molecular complexity index is 439. The van der Waals surface area contributed by atoms with Crippen LogP contribution >= 0.6 is 23.2 Å². The van der Waals surface area contributed by atoms with E-state index in [0.29, 0.717) is 10.0 Å². The van der Waals surface area contributed by atoms with Crippen molar-refractivity contribution in [3.05, 3.63) is 33.8 Å². The van der Waals surface area contributed by atoms with Crippen molar-refractivity contribution in [2.45, 2.75) is 31.1 Å². The molecule has 0 radical (unpaired) electrons. The van der Waals surface area contributed by atoms with Crippen molar-refractivity contribution in [3.63, 3.8) is 0 Å². The van der Waals surface area contributed by atoms with Gasteiger partial charge in [0, 0.05) is 17.1 Å². The minimum atomic E-state index is -0.462. The van der Waals surface area contributed by atoms with E-state index in [1.807, 2.05) is 6.07 Å². The van der Waals surface area contributed by atoms with Gasteiger partial charge in [-0.3, -0.25) is 4.79 Å². The second-order valence-corrected chi connectivity index (χ2v) is 5.34. The zero-order valence-corrected chi connectivity index (χ0v) is 11.2. The summed E-state index contributed by atoms with van der Waals surface area (Å²) in [6.07, 6.45) is 3.83. The van der Waals surface area contributed by atoms with Crippen LogP contribution in [0.4, 0.5) is 0 Å². The number of carbonyl (C=O) groups excluding carboxylic acids is 1. The highest BCUT2D eigenvalue weighted by Crippen LogP contribution is 2.44. The first-order valence-corrected chi connectivity index (χ1v) is 6.53. The topological polar surface area (TPSA) is 29.1 Å². The molecule has 0 saturated heterocycles. The van der Waals surface area contributed by atoms with Crippen molar-refractivity contribution >= 4 is 29.1 Å². The average Bonchev–Trinajstić information content (AvgIpc) is 2.78. The van der Waals surface area contributed by atoms with Gasteiger partial charge in [-0.05, 0) is 30.5 Å². The van der Waals surface area contributed by atoms with Gasteiger partial charge in [-0.25, -0.2) is 0 Å². The van der Waals surface area contributed by atoms with Crippen molar-refractivity contribution in [2.24, 2.45) is 0 Å². The molecule has 2 nitrogen and oxygen atoms in total. The monoisotopic (exact) mass is 271 g/mol. The Balaban J connectivity index is 2.49. The highest BCUT2D eigenvalue weighted by atomic mass is 35.5. The Morgan fingerprint density at radius 1 is 1.29 bits per heavy atom. The summed E-state index contributed by atoms with van der Waals surface area (Å²) in [4.78, 5) is 12.2. The zero-order valence-electron chi connectivity index (χ0n) is 9.72. The lowest BCUT2D eigenvalue weighted by atomic mass is 9.78. The van der Waals surface area contributed by atoms with Crippen molar-refractivity contribution in [1.82, 2.24) is 5.32 Å². The maximum absolute atomic E-state index is 12.2. The van der Waals surface area contributed by atoms with Gasteiger partial charge in [0.15, 0.2) is 0 Å². The number of hydrogen-bond acceptors (Lipinski definition) is 1. The summed E-state index contributed by atoms with van der Waals surface area (Å²) in [6.45, 7) is 0. The number of amides is 1. The fourth-order valence-corrected chi connectivity index (χ4v) is 3.30. The van der Waals surface area contributed by atoms with Crippen molar-refractivity contribution in [1.29, 1.82) is 0 Å². The predicted octanol–water partition coefficient (Wildman–Crippen LogP) is 3.55. The summed E-state index contributed by atoms with van der Waals surface area (Å²) in [5.74, 6) is 0.0548. The molecule has 0 aromatic heterocycles. The first kappa shape index (κ1) is 12.7. The molecule has 1 aromatic carbocycles. The minimum absolute atomic E-state index is 0.0548. The van der Waals surface area contributed by atoms with Gasteiger partial charge in [-0.1, -0.05) is 42.1 Å². The number of nitrogens with one attached hydrogen (secondary N) is 1. The number of likely N-dealkylation sites (N-methyl/N-ethyl adjacent to an activating group) is 1. The number of benzene rings is 1. The van der Waals surface area contributed by atoms with Gasteiger partial charge in [0.05, 0.1) is 5.41 Å². The lowest BCUT2D eigenvalue weighted by molar-refractivity contribution is -0.126. The molecule has 2 rings (SSSR count). The molecule has 1 aliphatic carbocycles. The fraction of sp³-hybridized carbons (Fsp3) is 0.462. The zero-order chi connectivity index (χ0) is 12.5. The third kappa shape index (κ3) is 2.16. The van der Waals surface area contributed by atoms with Gasteiger partial charge >= 0.3 is 0 Å². The highest BCUT2D eigenvalue weighted by molar-refractivity contribution is 6.35. The van der Waals surface area contributed by atoms with Crippen LogP contribution < -0.4 is 5.32 Å². The molecule has 1 aromatic rings. The van der Waals surface area contributed by atoms with Crippen LogP contribution in [0.15, 0.2) is 18.2 Å². The molecule has 0 unspecified atom stereocenters. The van der Waals surface area contributed by atoms with Gasteiger partial charge < -0.3 is 5.32 Å². The third-order valence-electron chi connectivity index (χ3n) is 3.57. The van der Waals surface area contributed by atoms with Gasteiger partial charge in [0.25, 0.3) is 0 Å². The molecule has 0 atom stereocenters. The molecule has 0 spiro atoms. The van der Waals surface area contributed by atoms with E-state index in [1.165, 1.54) is 0 Å². The van der Waals surface area contributed by atoms with Crippen molar-refractivity contribution in [2.75, 3.05) is 7.05 Å². The quantitative estimate of drug-likeness (QED) is 0.876. The van der Waals surface area contributed by atoms with Gasteiger partial charge in [-0.15, -0.1) is 0 Å². The fourth-order valence-electron chi connectivity index (χ4n) is 2.71. The molecule has 0 bridgehead atoms. The molecule has 1 N–H and O–H groups in total. The molecule has 0 heterocycles. The van der Waals surface area contributed by atoms with Crippen LogP contribution in [0.2, 0.25) is 10.0 Å². The molecule has 17 heavy (non-hydrogen) atoms. The standard InChI is InChI=1S/C13H15Cl2NO/c1-16-12(17)13(6-2-3-7-13)10-5-4-9(14)8-11(10)15/h4-5,8H,2-3,6-7H2,1H3,(H,16,17). The van der Waals surface area contributed by atoms with Gasteiger partial charge in [0.2, 0.25) is 5.91 Å². The van der Waals surface area contributed by atoms with E-state index < -0.39 is 5.41 Å². The Kier molecular flexibility index (Phi) is 3.64. The molecular formula is C13H15Cl2NO. The number of hydrogen-bond donors (Lipinski definition) is 1. The summed E-state index contributed by atoms with van der Waals surface area (Å²) in [6, 6.07) is 5.39. The molecule has 1 amide bonds. The Labute approximate surface area is 111 Å². The SMILES string of the molecule is CNC(=O)C1(c2ccc(Cl)cc2Cl)CCCC1. The molecule has 1 saturated carbocycles. The summed E-state index contributed by atoms with van der Waals surface area (Å²) < 4.78 is 0.